The van der Waals surface area contributed by atoms with Gasteiger partial charge < -0.3 is 14.5 Å². The molecule has 0 atom stereocenters. The SMILES string of the molecule is CN(CC(=O)OCC(=O)N1CCN(S(=O)(=O)c2ccc(F)cc2)CC1)c1ccc(Cl)nn1. The zero-order chi connectivity index (χ0) is 23.3. The Balaban J connectivity index is 1.45. The van der Waals surface area contributed by atoms with Gasteiger partial charge >= 0.3 is 5.97 Å². The number of carbonyl (C=O) groups excluding carboxylic acids is 2. The van der Waals surface area contributed by atoms with Crippen LogP contribution in [0.25, 0.3) is 0 Å². The number of ether oxygens (including phenoxy) is 1. The fraction of sp³-hybridized carbons (Fsp3) is 0.368. The number of carbonyl (C=O) groups is 2. The van der Waals surface area contributed by atoms with E-state index in [4.69, 9.17) is 16.3 Å². The number of piperazine rings is 1. The van der Waals surface area contributed by atoms with Crippen molar-refractivity contribution in [3.05, 3.63) is 47.4 Å². The maximum Gasteiger partial charge on any atom is 0.326 e. The molecule has 0 spiro atoms. The number of halogens is 2. The van der Waals surface area contributed by atoms with Crippen molar-refractivity contribution in [2.75, 3.05) is 51.3 Å². The summed E-state index contributed by atoms with van der Waals surface area (Å²) >= 11 is 5.68. The van der Waals surface area contributed by atoms with Crippen LogP contribution in [0.2, 0.25) is 5.15 Å². The molecule has 0 aliphatic carbocycles. The molecule has 1 aromatic carbocycles. The van der Waals surface area contributed by atoms with Crippen LogP contribution in [-0.2, 0) is 24.3 Å². The molecule has 1 fully saturated rings. The minimum absolute atomic E-state index is 0.0119. The normalized spacial score (nSPS) is 14.8. The van der Waals surface area contributed by atoms with Crippen LogP contribution < -0.4 is 4.90 Å². The molecular weight excluding hydrogens is 465 g/mol. The van der Waals surface area contributed by atoms with Gasteiger partial charge in [-0.05, 0) is 36.4 Å². The molecule has 13 heteroatoms. The first-order chi connectivity index (χ1) is 15.2. The average Bonchev–Trinajstić information content (AvgIpc) is 2.78. The number of hydrogen-bond donors (Lipinski definition) is 0. The second-order valence-corrected chi connectivity index (χ2v) is 9.29. The highest BCUT2D eigenvalue weighted by atomic mass is 35.5. The van der Waals surface area contributed by atoms with Gasteiger partial charge in [0.1, 0.15) is 12.4 Å². The fourth-order valence-electron chi connectivity index (χ4n) is 3.00. The Hall–Kier alpha value is -2.83. The van der Waals surface area contributed by atoms with Gasteiger partial charge in [-0.25, -0.2) is 12.8 Å². The minimum Gasteiger partial charge on any atom is -0.454 e. The molecule has 0 bridgehead atoms. The average molecular weight is 486 g/mol. The van der Waals surface area contributed by atoms with Gasteiger partial charge in [0.05, 0.1) is 4.90 Å². The largest absolute Gasteiger partial charge is 0.454 e. The molecule has 172 valence electrons. The van der Waals surface area contributed by atoms with Crippen molar-refractivity contribution < 1.29 is 27.1 Å². The van der Waals surface area contributed by atoms with E-state index in [0.29, 0.717) is 5.82 Å². The van der Waals surface area contributed by atoms with Crippen molar-refractivity contribution in [3.8, 4) is 0 Å². The number of rotatable bonds is 7. The van der Waals surface area contributed by atoms with E-state index in [9.17, 15) is 22.4 Å². The van der Waals surface area contributed by atoms with Gasteiger partial charge in [0, 0.05) is 33.2 Å². The maximum absolute atomic E-state index is 13.1. The van der Waals surface area contributed by atoms with Gasteiger partial charge in [0.2, 0.25) is 10.0 Å². The van der Waals surface area contributed by atoms with E-state index in [0.717, 1.165) is 12.1 Å². The molecule has 1 aliphatic heterocycles. The van der Waals surface area contributed by atoms with Crippen molar-refractivity contribution in [1.82, 2.24) is 19.4 Å². The van der Waals surface area contributed by atoms with Gasteiger partial charge in [-0.15, -0.1) is 10.2 Å². The lowest BCUT2D eigenvalue weighted by molar-refractivity contribution is -0.151. The molecule has 0 N–H and O–H groups in total. The molecule has 1 amide bonds. The number of amides is 1. The third kappa shape index (κ3) is 5.90. The summed E-state index contributed by atoms with van der Waals surface area (Å²) in [6.07, 6.45) is 0. The molecule has 0 saturated carbocycles. The summed E-state index contributed by atoms with van der Waals surface area (Å²) in [5.41, 5.74) is 0. The number of esters is 1. The van der Waals surface area contributed by atoms with E-state index in [1.54, 1.807) is 13.1 Å². The lowest BCUT2D eigenvalue weighted by Gasteiger charge is -2.33. The molecule has 1 saturated heterocycles. The van der Waals surface area contributed by atoms with Gasteiger partial charge in [0.25, 0.3) is 5.91 Å². The van der Waals surface area contributed by atoms with Crippen LogP contribution in [0, 0.1) is 5.82 Å². The molecular formula is C19H21ClFN5O5S. The van der Waals surface area contributed by atoms with Crippen LogP contribution in [-0.4, -0.2) is 86.1 Å². The highest BCUT2D eigenvalue weighted by molar-refractivity contribution is 7.89. The predicted octanol–water partition coefficient (Wildman–Crippen LogP) is 0.782. The van der Waals surface area contributed by atoms with Gasteiger partial charge in [-0.1, -0.05) is 11.6 Å². The Bertz CT molecular complexity index is 1060. The number of hydrogen-bond acceptors (Lipinski definition) is 8. The molecule has 2 aromatic rings. The van der Waals surface area contributed by atoms with E-state index in [1.165, 1.54) is 32.3 Å². The predicted molar refractivity (Wildman–Crippen MR) is 113 cm³/mol. The smallest absolute Gasteiger partial charge is 0.326 e. The standard InChI is InChI=1S/C19H21ClFN5O5S/c1-24(17-7-6-16(20)22-23-17)12-19(28)31-13-18(27)25-8-10-26(11-9-25)32(29,30)15-4-2-14(21)3-5-15/h2-7H,8-13H2,1H3. The van der Waals surface area contributed by atoms with Crippen LogP contribution in [0.5, 0.6) is 0 Å². The van der Waals surface area contributed by atoms with E-state index in [2.05, 4.69) is 10.2 Å². The monoisotopic (exact) mass is 485 g/mol. The Morgan fingerprint density at radius 1 is 1.09 bits per heavy atom. The summed E-state index contributed by atoms with van der Waals surface area (Å²) in [6, 6.07) is 7.69. The Labute approximate surface area is 189 Å². The van der Waals surface area contributed by atoms with E-state index in [1.807, 2.05) is 0 Å². The molecule has 32 heavy (non-hydrogen) atoms. The third-order valence-corrected chi connectivity index (χ3v) is 6.89. The first-order valence-corrected chi connectivity index (χ1v) is 11.4. The number of sulfonamides is 1. The quantitative estimate of drug-likeness (QED) is 0.529. The molecule has 0 radical (unpaired) electrons. The summed E-state index contributed by atoms with van der Waals surface area (Å²) in [7, 11) is -2.16. The molecule has 10 nitrogen and oxygen atoms in total. The van der Waals surface area contributed by atoms with Crippen molar-refractivity contribution in [2.24, 2.45) is 0 Å². The van der Waals surface area contributed by atoms with Gasteiger partial charge in [-0.2, -0.15) is 4.31 Å². The highest BCUT2D eigenvalue weighted by Crippen LogP contribution is 2.18. The number of nitrogens with zero attached hydrogens (tertiary/aromatic N) is 5. The van der Waals surface area contributed by atoms with Gasteiger partial charge in [0.15, 0.2) is 17.6 Å². The number of benzene rings is 1. The van der Waals surface area contributed by atoms with Crippen molar-refractivity contribution >= 4 is 39.3 Å². The van der Waals surface area contributed by atoms with Crippen LogP contribution in [0.4, 0.5) is 10.2 Å². The maximum atomic E-state index is 13.1. The summed E-state index contributed by atoms with van der Waals surface area (Å²) in [5, 5.41) is 7.75. The Morgan fingerprint density at radius 3 is 2.34 bits per heavy atom. The lowest BCUT2D eigenvalue weighted by Crippen LogP contribution is -2.51. The topological polar surface area (TPSA) is 113 Å². The van der Waals surface area contributed by atoms with Crippen LogP contribution in [0.1, 0.15) is 0 Å². The summed E-state index contributed by atoms with van der Waals surface area (Å²) < 4.78 is 44.6. The first-order valence-electron chi connectivity index (χ1n) is 9.56. The van der Waals surface area contributed by atoms with E-state index in [-0.39, 0.29) is 42.8 Å². The Morgan fingerprint density at radius 2 is 1.75 bits per heavy atom. The summed E-state index contributed by atoms with van der Waals surface area (Å²) in [6.45, 7) is -0.139. The van der Waals surface area contributed by atoms with Crippen molar-refractivity contribution in [1.29, 1.82) is 0 Å². The van der Waals surface area contributed by atoms with Crippen molar-refractivity contribution in [3.63, 3.8) is 0 Å². The zero-order valence-corrected chi connectivity index (χ0v) is 18.7. The van der Waals surface area contributed by atoms with Gasteiger partial charge in [-0.3, -0.25) is 9.59 Å². The molecule has 1 aromatic heterocycles. The lowest BCUT2D eigenvalue weighted by atomic mass is 10.3. The third-order valence-electron chi connectivity index (χ3n) is 4.77. The summed E-state index contributed by atoms with van der Waals surface area (Å²) in [4.78, 5) is 27.3. The van der Waals surface area contributed by atoms with Crippen LogP contribution in [0.3, 0.4) is 0 Å². The van der Waals surface area contributed by atoms with E-state index >= 15 is 0 Å². The minimum atomic E-state index is -3.78. The van der Waals surface area contributed by atoms with Crippen molar-refractivity contribution in [2.45, 2.75) is 4.90 Å². The molecule has 3 rings (SSSR count). The second-order valence-electron chi connectivity index (χ2n) is 6.97. The molecule has 2 heterocycles. The van der Waals surface area contributed by atoms with E-state index < -0.39 is 34.3 Å². The van der Waals surface area contributed by atoms with Crippen LogP contribution in [0.15, 0.2) is 41.3 Å². The number of aromatic nitrogens is 2. The zero-order valence-electron chi connectivity index (χ0n) is 17.1. The number of anilines is 1. The number of likely N-dealkylation sites (N-methyl/N-ethyl adjacent to an activating group) is 1. The molecule has 1 aliphatic rings. The summed E-state index contributed by atoms with van der Waals surface area (Å²) in [5.74, 6) is -1.17. The first kappa shape index (κ1) is 23.8. The fourth-order valence-corrected chi connectivity index (χ4v) is 4.52. The molecule has 0 unspecified atom stereocenters. The van der Waals surface area contributed by atoms with Crippen LogP contribution >= 0.6 is 11.6 Å². The Kier molecular flexibility index (Phi) is 7.59. The highest BCUT2D eigenvalue weighted by Gasteiger charge is 2.30. The second kappa shape index (κ2) is 10.2.